The van der Waals surface area contributed by atoms with Crippen LogP contribution in [0.4, 0.5) is 4.11 Å². The van der Waals surface area contributed by atoms with Gasteiger partial charge in [-0.15, -0.1) is 0 Å². The van der Waals surface area contributed by atoms with Crippen molar-refractivity contribution in [1.29, 1.82) is 0 Å². The van der Waals surface area contributed by atoms with Gasteiger partial charge in [-0.2, -0.15) is 0 Å². The van der Waals surface area contributed by atoms with Crippen LogP contribution in [-0.4, -0.2) is 76.4 Å². The van der Waals surface area contributed by atoms with Crippen molar-refractivity contribution >= 4 is 62.0 Å². The minimum absolute atomic E-state index is 1.22. The molecule has 0 aliphatic carbocycles. The Kier molecular flexibility index (Phi) is 5.00. The summed E-state index contributed by atoms with van der Waals surface area (Å²) in [7, 11) is -29.1. The Hall–Kier alpha value is 0.968. The van der Waals surface area contributed by atoms with Gasteiger partial charge in [0.1, 0.15) is 0 Å². The molecule has 0 aromatic carbocycles. The van der Waals surface area contributed by atoms with Crippen LogP contribution in [0.2, 0.25) is 39.3 Å². The van der Waals surface area contributed by atoms with E-state index in [4.69, 9.17) is 37.0 Å². The van der Waals surface area contributed by atoms with E-state index >= 15 is 0 Å². The van der Waals surface area contributed by atoms with Gasteiger partial charge < -0.3 is 51.4 Å². The van der Waals surface area contributed by atoms with Gasteiger partial charge in [-0.25, -0.2) is 4.11 Å². The van der Waals surface area contributed by atoms with E-state index in [1.54, 1.807) is 0 Å². The molecule has 4 atom stereocenters. The highest BCUT2D eigenvalue weighted by molar-refractivity contribution is 6.96. The molecule has 26 heavy (non-hydrogen) atoms. The Labute approximate surface area is 157 Å². The minimum atomic E-state index is -5.38. The summed E-state index contributed by atoms with van der Waals surface area (Å²) in [5.41, 5.74) is 0. The van der Waals surface area contributed by atoms with Gasteiger partial charge in [-0.05, 0) is 0 Å². The molecule has 3 saturated heterocycles. The first-order chi connectivity index (χ1) is 11.4. The first kappa shape index (κ1) is 21.7. The molecule has 0 spiro atoms. The summed E-state index contributed by atoms with van der Waals surface area (Å²) in [6.07, 6.45) is 0. The van der Waals surface area contributed by atoms with Gasteiger partial charge in [0.25, 0.3) is 0 Å². The van der Waals surface area contributed by atoms with Gasteiger partial charge in [0, 0.05) is 39.3 Å². The van der Waals surface area contributed by atoms with E-state index < -0.39 is 62.0 Å². The summed E-state index contributed by atoms with van der Waals surface area (Å²) in [5.74, 6) is 0. The molecule has 0 radical (unpaired) electrons. The average molecular weight is 501 g/mol. The van der Waals surface area contributed by atoms with Crippen molar-refractivity contribution in [2.75, 3.05) is 0 Å². The fourth-order valence-electron chi connectivity index (χ4n) is 3.16. The summed E-state index contributed by atoms with van der Waals surface area (Å²) in [5, 5.41) is 0. The SMILES string of the molecule is C[Si]1(O)O[Si]2(C)O[Si](C)(O)O[Si]3(C)O[Si](O)(F)O[Si](C)(O1)O[Si](C)(O2)O3. The molecule has 152 valence electrons. The van der Waals surface area contributed by atoms with Crippen molar-refractivity contribution in [3.8, 4) is 0 Å². The van der Waals surface area contributed by atoms with Crippen LogP contribution in [0.3, 0.4) is 0 Å². The first-order valence-corrected chi connectivity index (χ1v) is 22.6. The largest absolute Gasteiger partial charge is 0.702 e. The third-order valence-electron chi connectivity index (χ3n) is 3.23. The topological polar surface area (TPSA) is 144 Å². The van der Waals surface area contributed by atoms with Crippen molar-refractivity contribution in [3.63, 3.8) is 0 Å². The van der Waals surface area contributed by atoms with E-state index in [0.717, 1.165) is 0 Å². The van der Waals surface area contributed by atoms with Crippen molar-refractivity contribution in [2.24, 2.45) is 0 Å². The highest BCUT2D eigenvalue weighted by Gasteiger charge is 2.73. The molecule has 3 rings (SSSR count). The maximum atomic E-state index is 14.7. The second kappa shape index (κ2) is 5.99. The molecule has 4 unspecified atom stereocenters. The van der Waals surface area contributed by atoms with Crippen LogP contribution in [0, 0.1) is 0 Å². The van der Waals surface area contributed by atoms with E-state index in [9.17, 15) is 18.5 Å². The van der Waals surface area contributed by atoms with Gasteiger partial charge in [0.15, 0.2) is 0 Å². The molecule has 3 aliphatic heterocycles. The third kappa shape index (κ3) is 4.75. The van der Waals surface area contributed by atoms with Gasteiger partial charge in [0.2, 0.25) is 0 Å². The highest BCUT2D eigenvalue weighted by atomic mass is 28.6. The van der Waals surface area contributed by atoms with Crippen LogP contribution >= 0.6 is 0 Å². The van der Waals surface area contributed by atoms with Crippen LogP contribution in [0.5, 0.6) is 0 Å². The summed E-state index contributed by atoms with van der Waals surface area (Å²) >= 11 is 0. The zero-order valence-electron chi connectivity index (χ0n) is 14.9. The molecule has 3 fully saturated rings. The Morgan fingerprint density at radius 2 is 0.692 bits per heavy atom. The van der Waals surface area contributed by atoms with Crippen LogP contribution in [-0.2, 0) is 37.0 Å². The lowest BCUT2D eigenvalue weighted by atomic mass is 11.9. The zero-order valence-corrected chi connectivity index (χ0v) is 21.9. The highest BCUT2D eigenvalue weighted by Crippen LogP contribution is 2.40. The molecule has 3 aliphatic rings. The quantitative estimate of drug-likeness (QED) is 0.276. The third-order valence-corrected chi connectivity index (χ3v) is 29.1. The number of hydrogen-bond donors (Lipinski definition) is 3. The standard InChI is InChI=1S/C6H21FO12Si7/c1-20(8)11-22(3)12-21(2,9)14-24(5)17-25(6,15-22)16-23(4,13-20)18-26(7,10)19-24/h8-10H,1-6H3. The predicted octanol–water partition coefficient (Wildman–Crippen LogP) is -1.03. The van der Waals surface area contributed by atoms with Crippen molar-refractivity contribution < 1.29 is 55.5 Å². The van der Waals surface area contributed by atoms with E-state index in [-0.39, 0.29) is 0 Å². The fraction of sp³-hybridized carbons (Fsp3) is 1.00. The number of fused-ring (bicyclic) bond motifs is 3. The van der Waals surface area contributed by atoms with Gasteiger partial charge >= 0.3 is 62.0 Å². The molecule has 3 heterocycles. The molecule has 20 heteroatoms. The molecular weight excluding hydrogens is 480 g/mol. The zero-order chi connectivity index (χ0) is 19.9. The predicted molar refractivity (Wildman–Crippen MR) is 93.0 cm³/mol. The van der Waals surface area contributed by atoms with Gasteiger partial charge in [0.05, 0.1) is 0 Å². The molecule has 0 aromatic heterocycles. The Morgan fingerprint density at radius 3 is 1.00 bits per heavy atom. The molecule has 0 amide bonds. The second-order valence-corrected chi connectivity index (χ2v) is 25.5. The maximum absolute atomic E-state index is 14.7. The Bertz CT molecular complexity index is 500. The first-order valence-electron chi connectivity index (χ1n) is 7.53. The monoisotopic (exact) mass is 500 g/mol. The normalized spacial score (nSPS) is 61.2. The van der Waals surface area contributed by atoms with Crippen molar-refractivity contribution in [2.45, 2.75) is 39.3 Å². The van der Waals surface area contributed by atoms with E-state index in [2.05, 4.69) is 0 Å². The molecule has 0 saturated carbocycles. The maximum Gasteiger partial charge on any atom is 0.702 e. The fourth-order valence-corrected chi connectivity index (χ4v) is 34.0. The van der Waals surface area contributed by atoms with Gasteiger partial charge in [-0.1, -0.05) is 0 Å². The second-order valence-electron chi connectivity index (χ2n) is 6.67. The molecule has 3 N–H and O–H groups in total. The van der Waals surface area contributed by atoms with Gasteiger partial charge in [-0.3, -0.25) is 0 Å². The molecule has 4 bridgehead atoms. The van der Waals surface area contributed by atoms with Crippen molar-refractivity contribution in [1.82, 2.24) is 0 Å². The number of halogens is 1. The van der Waals surface area contributed by atoms with E-state index in [1.807, 2.05) is 0 Å². The Morgan fingerprint density at radius 1 is 0.462 bits per heavy atom. The van der Waals surface area contributed by atoms with Crippen molar-refractivity contribution in [3.05, 3.63) is 0 Å². The molecule has 0 aromatic rings. The molecule has 12 nitrogen and oxygen atoms in total. The summed E-state index contributed by atoms with van der Waals surface area (Å²) in [4.78, 5) is 31.1. The lowest BCUT2D eigenvalue weighted by molar-refractivity contribution is 0.00937. The molecular formula is C6H21FO12Si7. The average Bonchev–Trinajstić information content (AvgIpc) is 2.11. The van der Waals surface area contributed by atoms with E-state index in [0.29, 0.717) is 0 Å². The lowest BCUT2D eigenvalue weighted by Crippen LogP contribution is -2.79. The lowest BCUT2D eigenvalue weighted by Gasteiger charge is -2.52. The van der Waals surface area contributed by atoms with Crippen LogP contribution in [0.15, 0.2) is 0 Å². The number of rotatable bonds is 0. The Balaban J connectivity index is 2.17. The number of hydrogen-bond acceptors (Lipinski definition) is 12. The summed E-state index contributed by atoms with van der Waals surface area (Å²) in [6, 6.07) is 0. The summed E-state index contributed by atoms with van der Waals surface area (Å²) < 4.78 is 64.5. The minimum Gasteiger partial charge on any atom is -0.391 e. The summed E-state index contributed by atoms with van der Waals surface area (Å²) in [6.45, 7) is 7.83. The van der Waals surface area contributed by atoms with Crippen LogP contribution in [0.25, 0.3) is 0 Å². The van der Waals surface area contributed by atoms with Crippen LogP contribution < -0.4 is 0 Å². The van der Waals surface area contributed by atoms with Crippen LogP contribution in [0.1, 0.15) is 0 Å². The van der Waals surface area contributed by atoms with E-state index in [1.165, 1.54) is 39.3 Å². The smallest absolute Gasteiger partial charge is 0.391 e.